The lowest BCUT2D eigenvalue weighted by molar-refractivity contribution is -0.139. The standard InChI is InChI=1S/C25H35N3O4S/c1-18(2)15-26-25(30)21(5)27(16-22-13-8-7-9-14-22)23(29)17-28(33(6,31)32)24-19(3)11-10-12-20(24)4/h7-14,18,21H,15-17H2,1-6H3,(H,26,30). The van der Waals surface area contributed by atoms with Crippen LogP contribution in [0.2, 0.25) is 0 Å². The number of para-hydroxylation sites is 1. The zero-order chi connectivity index (χ0) is 24.8. The second kappa shape index (κ2) is 11.3. The highest BCUT2D eigenvalue weighted by Crippen LogP contribution is 2.27. The van der Waals surface area contributed by atoms with Crippen molar-refractivity contribution < 1.29 is 18.0 Å². The molecule has 2 aromatic rings. The maximum absolute atomic E-state index is 13.5. The maximum Gasteiger partial charge on any atom is 0.244 e. The summed E-state index contributed by atoms with van der Waals surface area (Å²) in [5.74, 6) is -0.450. The molecule has 1 N–H and O–H groups in total. The molecule has 1 unspecified atom stereocenters. The van der Waals surface area contributed by atoms with Crippen LogP contribution in [0.25, 0.3) is 0 Å². The summed E-state index contributed by atoms with van der Waals surface area (Å²) in [5, 5.41) is 2.87. The van der Waals surface area contributed by atoms with Gasteiger partial charge >= 0.3 is 0 Å². The Bertz CT molecular complexity index is 1050. The second-order valence-corrected chi connectivity index (χ2v) is 10.7. The van der Waals surface area contributed by atoms with E-state index in [1.54, 1.807) is 6.92 Å². The first-order valence-corrected chi connectivity index (χ1v) is 12.9. The largest absolute Gasteiger partial charge is 0.354 e. The molecule has 7 nitrogen and oxygen atoms in total. The van der Waals surface area contributed by atoms with Gasteiger partial charge in [0.1, 0.15) is 12.6 Å². The van der Waals surface area contributed by atoms with Crippen LogP contribution in [-0.2, 0) is 26.2 Å². The fraction of sp³-hybridized carbons (Fsp3) is 0.440. The number of carbonyl (C=O) groups excluding carboxylic acids is 2. The molecule has 1 atom stereocenters. The number of hydrogen-bond acceptors (Lipinski definition) is 4. The quantitative estimate of drug-likeness (QED) is 0.574. The molecule has 0 aliphatic heterocycles. The van der Waals surface area contributed by atoms with Gasteiger partial charge in [-0.1, -0.05) is 62.4 Å². The molecular formula is C25H35N3O4S. The van der Waals surface area contributed by atoms with Crippen LogP contribution in [0.5, 0.6) is 0 Å². The lowest BCUT2D eigenvalue weighted by atomic mass is 10.1. The van der Waals surface area contributed by atoms with Gasteiger partial charge in [-0.2, -0.15) is 0 Å². The summed E-state index contributed by atoms with van der Waals surface area (Å²) < 4.78 is 26.6. The molecule has 0 fully saturated rings. The van der Waals surface area contributed by atoms with Gasteiger partial charge in [0.05, 0.1) is 11.9 Å². The van der Waals surface area contributed by atoms with Gasteiger partial charge < -0.3 is 10.2 Å². The Balaban J connectivity index is 2.40. The number of benzene rings is 2. The van der Waals surface area contributed by atoms with Crippen LogP contribution in [0.4, 0.5) is 5.69 Å². The normalized spacial score (nSPS) is 12.3. The van der Waals surface area contributed by atoms with Crippen LogP contribution in [0, 0.1) is 19.8 Å². The van der Waals surface area contributed by atoms with Crippen LogP contribution in [0.1, 0.15) is 37.5 Å². The SMILES string of the molecule is Cc1cccc(C)c1N(CC(=O)N(Cc1ccccc1)C(C)C(=O)NCC(C)C)S(C)(=O)=O. The molecule has 0 bridgehead atoms. The third kappa shape index (κ3) is 7.32. The second-order valence-electron chi connectivity index (χ2n) is 8.83. The van der Waals surface area contributed by atoms with Crippen LogP contribution in [0.3, 0.4) is 0 Å². The Morgan fingerprint density at radius 1 is 0.939 bits per heavy atom. The smallest absolute Gasteiger partial charge is 0.244 e. The Hall–Kier alpha value is -2.87. The minimum atomic E-state index is -3.75. The third-order valence-corrected chi connectivity index (χ3v) is 6.53. The minimum absolute atomic E-state index is 0.195. The van der Waals surface area contributed by atoms with E-state index < -0.39 is 22.0 Å². The van der Waals surface area contributed by atoms with Crippen molar-refractivity contribution in [2.24, 2.45) is 5.92 Å². The molecule has 2 rings (SSSR count). The van der Waals surface area contributed by atoms with E-state index in [4.69, 9.17) is 0 Å². The summed E-state index contributed by atoms with van der Waals surface area (Å²) in [7, 11) is -3.75. The highest BCUT2D eigenvalue weighted by Gasteiger charge is 2.31. The molecule has 0 saturated heterocycles. The zero-order valence-electron chi connectivity index (χ0n) is 20.3. The number of nitrogens with one attached hydrogen (secondary N) is 1. The first-order chi connectivity index (χ1) is 15.4. The first kappa shape index (κ1) is 26.4. The number of rotatable bonds is 10. The van der Waals surface area contributed by atoms with Crippen molar-refractivity contribution in [3.05, 3.63) is 65.2 Å². The summed E-state index contributed by atoms with van der Waals surface area (Å²) in [6.07, 6.45) is 1.09. The molecule has 0 spiro atoms. The average molecular weight is 474 g/mol. The molecule has 2 amide bonds. The van der Waals surface area contributed by atoms with Gasteiger partial charge in [0.15, 0.2) is 0 Å². The predicted octanol–water partition coefficient (Wildman–Crippen LogP) is 3.26. The van der Waals surface area contributed by atoms with E-state index in [0.29, 0.717) is 12.2 Å². The summed E-state index contributed by atoms with van der Waals surface area (Å²) in [4.78, 5) is 27.8. The highest BCUT2D eigenvalue weighted by molar-refractivity contribution is 7.92. The Morgan fingerprint density at radius 3 is 2.03 bits per heavy atom. The summed E-state index contributed by atoms with van der Waals surface area (Å²) in [6, 6.07) is 14.1. The zero-order valence-corrected chi connectivity index (χ0v) is 21.1. The first-order valence-electron chi connectivity index (χ1n) is 11.1. The van der Waals surface area contributed by atoms with Crippen LogP contribution >= 0.6 is 0 Å². The number of hydrogen-bond donors (Lipinski definition) is 1. The minimum Gasteiger partial charge on any atom is -0.354 e. The molecule has 2 aromatic carbocycles. The molecular weight excluding hydrogens is 438 g/mol. The van der Waals surface area contributed by atoms with E-state index in [1.165, 1.54) is 4.90 Å². The van der Waals surface area contributed by atoms with E-state index in [9.17, 15) is 18.0 Å². The van der Waals surface area contributed by atoms with Crippen LogP contribution in [0.15, 0.2) is 48.5 Å². The van der Waals surface area contributed by atoms with Gasteiger partial charge in [-0.15, -0.1) is 0 Å². The summed E-state index contributed by atoms with van der Waals surface area (Å²) in [6.45, 7) is 9.58. The van der Waals surface area contributed by atoms with E-state index in [2.05, 4.69) is 5.32 Å². The Labute approximate surface area is 197 Å². The fourth-order valence-corrected chi connectivity index (χ4v) is 4.55. The van der Waals surface area contributed by atoms with Crippen molar-refractivity contribution in [2.75, 3.05) is 23.7 Å². The van der Waals surface area contributed by atoms with Crippen molar-refractivity contribution in [3.8, 4) is 0 Å². The highest BCUT2D eigenvalue weighted by atomic mass is 32.2. The van der Waals surface area contributed by atoms with E-state index >= 15 is 0 Å². The van der Waals surface area contributed by atoms with Gasteiger partial charge in [0.2, 0.25) is 21.8 Å². The molecule has 0 aliphatic rings. The number of aryl methyl sites for hydroxylation is 2. The molecule has 0 aromatic heterocycles. The van der Waals surface area contributed by atoms with E-state index in [0.717, 1.165) is 27.3 Å². The number of nitrogens with zero attached hydrogens (tertiary/aromatic N) is 2. The topological polar surface area (TPSA) is 86.8 Å². The van der Waals surface area contributed by atoms with Gasteiger partial charge in [0.25, 0.3) is 0 Å². The predicted molar refractivity (Wildman–Crippen MR) is 132 cm³/mol. The van der Waals surface area contributed by atoms with Gasteiger partial charge in [0, 0.05) is 13.1 Å². The average Bonchev–Trinajstić information content (AvgIpc) is 2.74. The van der Waals surface area contributed by atoms with Crippen LogP contribution in [-0.4, -0.2) is 50.5 Å². The molecule has 8 heteroatoms. The van der Waals surface area contributed by atoms with Crippen molar-refractivity contribution in [1.29, 1.82) is 0 Å². The monoisotopic (exact) mass is 473 g/mol. The number of carbonyl (C=O) groups is 2. The number of amides is 2. The van der Waals surface area contributed by atoms with Crippen molar-refractivity contribution >= 4 is 27.5 Å². The van der Waals surface area contributed by atoms with Crippen LogP contribution < -0.4 is 9.62 Å². The van der Waals surface area contributed by atoms with Crippen molar-refractivity contribution in [2.45, 2.75) is 47.2 Å². The van der Waals surface area contributed by atoms with Gasteiger partial charge in [-0.3, -0.25) is 13.9 Å². The van der Waals surface area contributed by atoms with E-state index in [1.807, 2.05) is 76.2 Å². The number of anilines is 1. The lowest BCUT2D eigenvalue weighted by Crippen LogP contribution is -2.51. The molecule has 0 radical (unpaired) electrons. The lowest BCUT2D eigenvalue weighted by Gasteiger charge is -2.32. The fourth-order valence-electron chi connectivity index (χ4n) is 3.59. The Kier molecular flexibility index (Phi) is 9.05. The molecule has 180 valence electrons. The molecule has 0 heterocycles. The molecule has 33 heavy (non-hydrogen) atoms. The third-order valence-electron chi connectivity index (χ3n) is 5.42. The molecule has 0 aliphatic carbocycles. The Morgan fingerprint density at radius 2 is 1.52 bits per heavy atom. The van der Waals surface area contributed by atoms with E-state index in [-0.39, 0.29) is 24.9 Å². The van der Waals surface area contributed by atoms with Gasteiger partial charge in [-0.05, 0) is 43.4 Å². The molecule has 0 saturated carbocycles. The van der Waals surface area contributed by atoms with Crippen molar-refractivity contribution in [3.63, 3.8) is 0 Å². The van der Waals surface area contributed by atoms with Crippen molar-refractivity contribution in [1.82, 2.24) is 10.2 Å². The maximum atomic E-state index is 13.5. The summed E-state index contributed by atoms with van der Waals surface area (Å²) in [5.41, 5.74) is 2.85. The van der Waals surface area contributed by atoms with Gasteiger partial charge in [-0.25, -0.2) is 8.42 Å². The number of sulfonamides is 1. The summed E-state index contributed by atoms with van der Waals surface area (Å²) >= 11 is 0.